The average molecular weight is 277 g/mol. The number of amides is 1. The Balaban J connectivity index is 2.26. The first kappa shape index (κ1) is 13.3. The first-order chi connectivity index (χ1) is 9.11. The van der Waals surface area contributed by atoms with Crippen LogP contribution in [0.3, 0.4) is 0 Å². The molecule has 1 aliphatic rings. The molecule has 0 aliphatic carbocycles. The molecule has 0 bridgehead atoms. The molecule has 2 rings (SSSR count). The number of thioether (sulfide) groups is 1. The van der Waals surface area contributed by atoms with Crippen molar-refractivity contribution in [3.05, 3.63) is 41.3 Å². The maximum Gasteiger partial charge on any atom is 0.331 e. The summed E-state index contributed by atoms with van der Waals surface area (Å²) in [6.45, 7) is 0. The number of nitrogens with zero attached hydrogens (tertiary/aromatic N) is 2. The molecular weight excluding hydrogens is 266 g/mol. The van der Waals surface area contributed by atoms with E-state index in [1.807, 2.05) is 18.2 Å². The molecule has 1 fully saturated rings. The van der Waals surface area contributed by atoms with Crippen LogP contribution in [0.15, 0.2) is 46.3 Å². The predicted molar refractivity (Wildman–Crippen MR) is 72.3 cm³/mol. The molecule has 98 valence electrons. The molecule has 0 atom stereocenters. The van der Waals surface area contributed by atoms with E-state index in [1.54, 1.807) is 12.1 Å². The lowest BCUT2D eigenvalue weighted by molar-refractivity contribution is -0.135. The van der Waals surface area contributed by atoms with Crippen molar-refractivity contribution in [2.75, 3.05) is 7.11 Å². The van der Waals surface area contributed by atoms with Crippen molar-refractivity contribution < 1.29 is 14.3 Å². The Labute approximate surface area is 113 Å². The van der Waals surface area contributed by atoms with E-state index in [-0.39, 0.29) is 4.91 Å². The highest BCUT2D eigenvalue weighted by Crippen LogP contribution is 2.30. The number of benzene rings is 1. The fraction of sp³-hybridized carbons (Fsp3) is 0.0833. The third-order valence-corrected chi connectivity index (χ3v) is 3.25. The number of methoxy groups -OCH3 is 1. The van der Waals surface area contributed by atoms with Crippen molar-refractivity contribution in [2.24, 2.45) is 10.8 Å². The van der Waals surface area contributed by atoms with Gasteiger partial charge in [-0.2, -0.15) is 0 Å². The topological polar surface area (TPSA) is 85.0 Å². The smallest absolute Gasteiger partial charge is 0.331 e. The van der Waals surface area contributed by atoms with Gasteiger partial charge in [0.25, 0.3) is 5.91 Å². The van der Waals surface area contributed by atoms with E-state index in [9.17, 15) is 9.59 Å². The molecule has 1 saturated heterocycles. The molecule has 1 heterocycles. The molecule has 1 aliphatic heterocycles. The largest absolute Gasteiger partial charge is 0.466 e. The first-order valence-corrected chi connectivity index (χ1v) is 6.14. The monoisotopic (exact) mass is 277 g/mol. The molecule has 1 aromatic rings. The van der Waals surface area contributed by atoms with Gasteiger partial charge in [-0.1, -0.05) is 18.2 Å². The van der Waals surface area contributed by atoms with Crippen LogP contribution in [0.5, 0.6) is 0 Å². The average Bonchev–Trinajstić information content (AvgIpc) is 2.68. The van der Waals surface area contributed by atoms with Gasteiger partial charge in [-0.15, -0.1) is 0 Å². The van der Waals surface area contributed by atoms with Crippen LogP contribution in [0.2, 0.25) is 0 Å². The number of carbonyl (C=O) groups excluding carboxylic acids is 2. The molecule has 0 aromatic heterocycles. The van der Waals surface area contributed by atoms with Crippen molar-refractivity contribution in [1.82, 2.24) is 5.01 Å². The predicted octanol–water partition coefficient (Wildman–Crippen LogP) is 1.18. The maximum atomic E-state index is 11.8. The number of para-hydroxylation sites is 1. The van der Waals surface area contributed by atoms with Gasteiger partial charge in [-0.3, -0.25) is 4.79 Å². The Bertz CT molecular complexity index is 569. The van der Waals surface area contributed by atoms with E-state index in [0.717, 1.165) is 22.8 Å². The SMILES string of the molecule is COC(=O)C=C1SC(=Nc2ccccc2)N(N)C1=O. The molecule has 1 aromatic carbocycles. The van der Waals surface area contributed by atoms with Crippen LogP contribution in [0.1, 0.15) is 0 Å². The zero-order chi connectivity index (χ0) is 13.8. The van der Waals surface area contributed by atoms with E-state index < -0.39 is 11.9 Å². The van der Waals surface area contributed by atoms with Crippen LogP contribution in [0.25, 0.3) is 0 Å². The molecule has 0 saturated carbocycles. The minimum Gasteiger partial charge on any atom is -0.466 e. The Hall–Kier alpha value is -2.12. The van der Waals surface area contributed by atoms with Gasteiger partial charge in [0.05, 0.1) is 17.7 Å². The second-order valence-corrected chi connectivity index (χ2v) is 4.55. The number of nitrogens with two attached hydrogens (primary N) is 1. The molecular formula is C12H11N3O3S. The number of aliphatic imine (C=N–C) groups is 1. The maximum absolute atomic E-state index is 11.8. The van der Waals surface area contributed by atoms with Gasteiger partial charge in [-0.05, 0) is 23.9 Å². The quantitative estimate of drug-likeness (QED) is 0.380. The van der Waals surface area contributed by atoms with Crippen LogP contribution < -0.4 is 5.84 Å². The summed E-state index contributed by atoms with van der Waals surface area (Å²) in [5.74, 6) is 4.53. The van der Waals surface area contributed by atoms with Gasteiger partial charge in [0, 0.05) is 6.08 Å². The third kappa shape index (κ3) is 3.01. The van der Waals surface area contributed by atoms with E-state index >= 15 is 0 Å². The normalized spacial score (nSPS) is 19.3. The number of rotatable bonds is 2. The highest BCUT2D eigenvalue weighted by atomic mass is 32.2. The van der Waals surface area contributed by atoms with Gasteiger partial charge in [-0.25, -0.2) is 20.6 Å². The first-order valence-electron chi connectivity index (χ1n) is 5.32. The second kappa shape index (κ2) is 5.68. The summed E-state index contributed by atoms with van der Waals surface area (Å²) in [7, 11) is 1.24. The summed E-state index contributed by atoms with van der Waals surface area (Å²) >= 11 is 1.03. The number of hydrazine groups is 1. The highest BCUT2D eigenvalue weighted by Gasteiger charge is 2.32. The standard InChI is InChI=1S/C12H11N3O3S/c1-18-10(16)7-9-11(17)15(13)12(19-9)14-8-5-3-2-4-6-8/h2-7H,13H2,1H3. The van der Waals surface area contributed by atoms with Gasteiger partial charge in [0.15, 0.2) is 5.17 Å². The van der Waals surface area contributed by atoms with Crippen LogP contribution in [-0.4, -0.2) is 29.2 Å². The molecule has 0 spiro atoms. The Morgan fingerprint density at radius 2 is 2.11 bits per heavy atom. The summed E-state index contributed by atoms with van der Waals surface area (Å²) in [4.78, 5) is 27.3. The van der Waals surface area contributed by atoms with Crippen molar-refractivity contribution in [1.29, 1.82) is 0 Å². The number of hydrogen-bond donors (Lipinski definition) is 1. The number of hydrogen-bond acceptors (Lipinski definition) is 6. The summed E-state index contributed by atoms with van der Waals surface area (Å²) in [5.41, 5.74) is 0.674. The molecule has 1 amide bonds. The Morgan fingerprint density at radius 3 is 2.74 bits per heavy atom. The van der Waals surface area contributed by atoms with Gasteiger partial charge in [0.1, 0.15) is 0 Å². The van der Waals surface area contributed by atoms with Gasteiger partial charge < -0.3 is 4.74 Å². The summed E-state index contributed by atoms with van der Waals surface area (Å²) < 4.78 is 4.47. The van der Waals surface area contributed by atoms with Crippen molar-refractivity contribution in [3.8, 4) is 0 Å². The van der Waals surface area contributed by atoms with Gasteiger partial charge in [0.2, 0.25) is 0 Å². The summed E-state index contributed by atoms with van der Waals surface area (Å²) in [6.07, 6.45) is 1.10. The summed E-state index contributed by atoms with van der Waals surface area (Å²) in [5, 5.41) is 1.22. The number of esters is 1. The molecule has 0 radical (unpaired) electrons. The molecule has 0 unspecified atom stereocenters. The number of carbonyl (C=O) groups is 2. The minimum absolute atomic E-state index is 0.184. The minimum atomic E-state index is -0.606. The zero-order valence-electron chi connectivity index (χ0n) is 10.1. The lowest BCUT2D eigenvalue weighted by atomic mass is 10.3. The van der Waals surface area contributed by atoms with Crippen molar-refractivity contribution in [3.63, 3.8) is 0 Å². The fourth-order valence-corrected chi connectivity index (χ4v) is 2.21. The van der Waals surface area contributed by atoms with Crippen molar-refractivity contribution >= 4 is 34.5 Å². The molecule has 7 heteroatoms. The molecule has 6 nitrogen and oxygen atoms in total. The van der Waals surface area contributed by atoms with Gasteiger partial charge >= 0.3 is 5.97 Å². The van der Waals surface area contributed by atoms with E-state index in [0.29, 0.717) is 10.9 Å². The third-order valence-electron chi connectivity index (χ3n) is 2.27. The molecule has 19 heavy (non-hydrogen) atoms. The van der Waals surface area contributed by atoms with Crippen LogP contribution in [0.4, 0.5) is 5.69 Å². The lowest BCUT2D eigenvalue weighted by Crippen LogP contribution is -2.35. The Kier molecular flexibility index (Phi) is 3.98. The number of amidine groups is 1. The number of ether oxygens (including phenoxy) is 1. The van der Waals surface area contributed by atoms with E-state index in [2.05, 4.69) is 9.73 Å². The summed E-state index contributed by atoms with van der Waals surface area (Å²) in [6, 6.07) is 9.08. The second-order valence-electron chi connectivity index (χ2n) is 3.54. The zero-order valence-corrected chi connectivity index (χ0v) is 10.9. The lowest BCUT2D eigenvalue weighted by Gasteiger charge is -2.06. The molecule has 2 N–H and O–H groups in total. The van der Waals surface area contributed by atoms with Crippen LogP contribution in [-0.2, 0) is 14.3 Å². The Morgan fingerprint density at radius 1 is 1.42 bits per heavy atom. The van der Waals surface area contributed by atoms with E-state index in [1.165, 1.54) is 7.11 Å². The van der Waals surface area contributed by atoms with Crippen LogP contribution >= 0.6 is 11.8 Å². The highest BCUT2D eigenvalue weighted by molar-refractivity contribution is 8.18. The fourth-order valence-electron chi connectivity index (χ4n) is 1.34. The van der Waals surface area contributed by atoms with E-state index in [4.69, 9.17) is 5.84 Å². The van der Waals surface area contributed by atoms with Crippen molar-refractivity contribution in [2.45, 2.75) is 0 Å². The van der Waals surface area contributed by atoms with Crippen LogP contribution in [0, 0.1) is 0 Å².